The van der Waals surface area contributed by atoms with Gasteiger partial charge in [-0.25, -0.2) is 0 Å². The Bertz CT molecular complexity index is 584. The fourth-order valence-corrected chi connectivity index (χ4v) is 2.33. The van der Waals surface area contributed by atoms with E-state index in [4.69, 9.17) is 0 Å². The fraction of sp³-hybridized carbons (Fsp3) is 0.471. The molecule has 1 aromatic carbocycles. The van der Waals surface area contributed by atoms with E-state index < -0.39 is 0 Å². The van der Waals surface area contributed by atoms with E-state index in [0.29, 0.717) is 12.3 Å². The van der Waals surface area contributed by atoms with E-state index in [1.165, 1.54) is 16.5 Å². The minimum Gasteiger partial charge on any atom is -0.356 e. The number of aromatic nitrogens is 1. The molecule has 1 heterocycles. The van der Waals surface area contributed by atoms with Crippen molar-refractivity contribution in [1.29, 1.82) is 0 Å². The number of benzene rings is 1. The van der Waals surface area contributed by atoms with Gasteiger partial charge < -0.3 is 9.88 Å². The molecule has 0 saturated heterocycles. The molecule has 2 rings (SSSR count). The first kappa shape index (κ1) is 14.6. The number of rotatable bonds is 6. The molecule has 0 spiro atoms. The van der Waals surface area contributed by atoms with Crippen LogP contribution in [0, 0.1) is 5.92 Å². The number of fused-ring (bicyclic) bond motifs is 1. The van der Waals surface area contributed by atoms with Gasteiger partial charge in [-0.2, -0.15) is 0 Å². The Morgan fingerprint density at radius 1 is 1.30 bits per heavy atom. The number of carbonyl (C=O) groups is 1. The molecule has 0 bridgehead atoms. The summed E-state index contributed by atoms with van der Waals surface area (Å²) in [6.45, 7) is 5.12. The van der Waals surface area contributed by atoms with E-state index in [9.17, 15) is 4.79 Å². The van der Waals surface area contributed by atoms with Gasteiger partial charge in [0.25, 0.3) is 0 Å². The van der Waals surface area contributed by atoms with Crippen LogP contribution in [0.5, 0.6) is 0 Å². The van der Waals surface area contributed by atoms with Crippen molar-refractivity contribution in [3.05, 3.63) is 36.0 Å². The van der Waals surface area contributed by atoms with Crippen molar-refractivity contribution >= 4 is 16.8 Å². The maximum Gasteiger partial charge on any atom is 0.220 e. The summed E-state index contributed by atoms with van der Waals surface area (Å²) >= 11 is 0. The van der Waals surface area contributed by atoms with Gasteiger partial charge in [0.15, 0.2) is 0 Å². The molecule has 0 unspecified atom stereocenters. The summed E-state index contributed by atoms with van der Waals surface area (Å²) in [7, 11) is 2.05. The quantitative estimate of drug-likeness (QED) is 0.860. The van der Waals surface area contributed by atoms with Crippen molar-refractivity contribution in [2.24, 2.45) is 13.0 Å². The van der Waals surface area contributed by atoms with Crippen molar-refractivity contribution in [3.63, 3.8) is 0 Å². The third-order valence-electron chi connectivity index (χ3n) is 3.63. The standard InChI is InChI=1S/C17H24N2O/c1-13(2)8-10-18-17(20)7-5-14-4-6-16-15(12-14)9-11-19(16)3/h4,6,9,11-13H,5,7-8,10H2,1-3H3,(H,18,20). The van der Waals surface area contributed by atoms with Gasteiger partial charge in [-0.05, 0) is 47.9 Å². The first-order valence-corrected chi connectivity index (χ1v) is 7.37. The molecule has 1 aromatic heterocycles. The lowest BCUT2D eigenvalue weighted by Gasteiger charge is -2.07. The summed E-state index contributed by atoms with van der Waals surface area (Å²) in [5.41, 5.74) is 2.46. The number of nitrogens with zero attached hydrogens (tertiary/aromatic N) is 1. The van der Waals surface area contributed by atoms with Gasteiger partial charge in [0, 0.05) is 31.7 Å². The van der Waals surface area contributed by atoms with Crippen LogP contribution in [0.3, 0.4) is 0 Å². The van der Waals surface area contributed by atoms with E-state index in [-0.39, 0.29) is 5.91 Å². The highest BCUT2D eigenvalue weighted by Gasteiger charge is 2.04. The minimum atomic E-state index is 0.152. The van der Waals surface area contributed by atoms with Gasteiger partial charge in [0.2, 0.25) is 5.91 Å². The van der Waals surface area contributed by atoms with Crippen LogP contribution in [0.2, 0.25) is 0 Å². The predicted molar refractivity (Wildman–Crippen MR) is 83.7 cm³/mol. The van der Waals surface area contributed by atoms with E-state index in [1.54, 1.807) is 0 Å². The Hall–Kier alpha value is -1.77. The lowest BCUT2D eigenvalue weighted by atomic mass is 10.1. The van der Waals surface area contributed by atoms with Crippen LogP contribution in [-0.2, 0) is 18.3 Å². The fourth-order valence-electron chi connectivity index (χ4n) is 2.33. The molecule has 0 radical (unpaired) electrons. The number of hydrogen-bond acceptors (Lipinski definition) is 1. The molecule has 3 heteroatoms. The first-order valence-electron chi connectivity index (χ1n) is 7.37. The van der Waals surface area contributed by atoms with E-state index >= 15 is 0 Å². The molecule has 0 saturated carbocycles. The molecular weight excluding hydrogens is 248 g/mol. The molecule has 0 aliphatic rings. The Morgan fingerprint density at radius 3 is 2.85 bits per heavy atom. The van der Waals surface area contributed by atoms with Crippen molar-refractivity contribution in [1.82, 2.24) is 9.88 Å². The number of carbonyl (C=O) groups excluding carboxylic acids is 1. The topological polar surface area (TPSA) is 34.0 Å². The highest BCUT2D eigenvalue weighted by atomic mass is 16.1. The largest absolute Gasteiger partial charge is 0.356 e. The molecule has 0 atom stereocenters. The van der Waals surface area contributed by atoms with Crippen LogP contribution >= 0.6 is 0 Å². The first-order chi connectivity index (χ1) is 9.56. The lowest BCUT2D eigenvalue weighted by molar-refractivity contribution is -0.121. The molecule has 0 fully saturated rings. The van der Waals surface area contributed by atoms with Crippen molar-refractivity contribution in [2.75, 3.05) is 6.54 Å². The SMILES string of the molecule is CC(C)CCNC(=O)CCc1ccc2c(ccn2C)c1. The summed E-state index contributed by atoms with van der Waals surface area (Å²) in [6, 6.07) is 8.53. The van der Waals surface area contributed by atoms with Gasteiger partial charge in [-0.15, -0.1) is 0 Å². The van der Waals surface area contributed by atoms with Gasteiger partial charge in [-0.3, -0.25) is 4.79 Å². The van der Waals surface area contributed by atoms with Crippen molar-refractivity contribution in [2.45, 2.75) is 33.1 Å². The zero-order chi connectivity index (χ0) is 14.5. The van der Waals surface area contributed by atoms with E-state index in [0.717, 1.165) is 19.4 Å². The molecule has 1 N–H and O–H groups in total. The van der Waals surface area contributed by atoms with Crippen molar-refractivity contribution < 1.29 is 4.79 Å². The average Bonchev–Trinajstić information content (AvgIpc) is 2.77. The summed E-state index contributed by atoms with van der Waals surface area (Å²) < 4.78 is 2.11. The molecule has 20 heavy (non-hydrogen) atoms. The van der Waals surface area contributed by atoms with Crippen LogP contribution in [0.4, 0.5) is 0 Å². The summed E-state index contributed by atoms with van der Waals surface area (Å²) in [5.74, 6) is 0.787. The monoisotopic (exact) mass is 272 g/mol. The van der Waals surface area contributed by atoms with Gasteiger partial charge >= 0.3 is 0 Å². The highest BCUT2D eigenvalue weighted by molar-refractivity contribution is 5.81. The van der Waals surface area contributed by atoms with Gasteiger partial charge in [0.05, 0.1) is 0 Å². The number of hydrogen-bond donors (Lipinski definition) is 1. The Balaban J connectivity index is 1.84. The van der Waals surface area contributed by atoms with Crippen LogP contribution in [0.1, 0.15) is 32.3 Å². The smallest absolute Gasteiger partial charge is 0.220 e. The van der Waals surface area contributed by atoms with E-state index in [1.807, 2.05) is 7.05 Å². The average molecular weight is 272 g/mol. The zero-order valence-electron chi connectivity index (χ0n) is 12.6. The van der Waals surface area contributed by atoms with Crippen LogP contribution in [0.15, 0.2) is 30.5 Å². The normalized spacial score (nSPS) is 11.2. The summed E-state index contributed by atoms with van der Waals surface area (Å²) in [6.07, 6.45) is 4.48. The third kappa shape index (κ3) is 3.86. The summed E-state index contributed by atoms with van der Waals surface area (Å²) in [4.78, 5) is 11.8. The predicted octanol–water partition coefficient (Wildman–Crippen LogP) is 3.27. The second kappa shape index (κ2) is 6.60. The number of aryl methyl sites for hydroxylation is 2. The molecule has 0 aliphatic heterocycles. The Labute approximate surface area is 121 Å². The van der Waals surface area contributed by atoms with Crippen LogP contribution in [-0.4, -0.2) is 17.0 Å². The third-order valence-corrected chi connectivity index (χ3v) is 3.63. The van der Waals surface area contributed by atoms with Crippen LogP contribution in [0.25, 0.3) is 10.9 Å². The number of nitrogens with one attached hydrogen (secondary N) is 1. The second-order valence-electron chi connectivity index (χ2n) is 5.85. The molecule has 2 aromatic rings. The maximum absolute atomic E-state index is 11.8. The molecule has 0 aliphatic carbocycles. The Morgan fingerprint density at radius 2 is 2.10 bits per heavy atom. The lowest BCUT2D eigenvalue weighted by Crippen LogP contribution is -2.25. The van der Waals surface area contributed by atoms with E-state index in [2.05, 4.69) is 54.2 Å². The molecule has 108 valence electrons. The summed E-state index contributed by atoms with van der Waals surface area (Å²) in [5, 5.41) is 4.22. The Kier molecular flexibility index (Phi) is 4.83. The second-order valence-corrected chi connectivity index (χ2v) is 5.85. The van der Waals surface area contributed by atoms with Crippen molar-refractivity contribution in [3.8, 4) is 0 Å². The van der Waals surface area contributed by atoms with Crippen LogP contribution < -0.4 is 5.32 Å². The molecular formula is C17H24N2O. The van der Waals surface area contributed by atoms with Gasteiger partial charge in [0.1, 0.15) is 0 Å². The number of amides is 1. The maximum atomic E-state index is 11.8. The zero-order valence-corrected chi connectivity index (χ0v) is 12.6. The molecule has 3 nitrogen and oxygen atoms in total. The molecule has 1 amide bonds. The van der Waals surface area contributed by atoms with Gasteiger partial charge in [-0.1, -0.05) is 19.9 Å². The highest BCUT2D eigenvalue weighted by Crippen LogP contribution is 2.17. The minimum absolute atomic E-state index is 0.152.